The smallest absolute Gasteiger partial charge is 0.277 e. The second-order valence-corrected chi connectivity index (χ2v) is 8.52. The van der Waals surface area contributed by atoms with Gasteiger partial charge < -0.3 is 0 Å². The van der Waals surface area contributed by atoms with Gasteiger partial charge in [-0.05, 0) is 36.2 Å². The normalized spacial score (nSPS) is 10.8. The standard InChI is InChI=1S/C21H14ClN5O5S/c1-12-5-15(22)8-18-19(12)24-21(33-18)25(11-13-3-2-4-23-10-13)20(28)14-6-16(26(29)30)9-17(7-14)27(31)32/h2-10H,11H2,1H3. The number of pyridine rings is 1. The summed E-state index contributed by atoms with van der Waals surface area (Å²) in [5, 5.41) is 23.4. The number of nitrogens with zero attached hydrogens (tertiary/aromatic N) is 5. The van der Waals surface area contributed by atoms with Gasteiger partial charge in [-0.3, -0.25) is 34.9 Å². The summed E-state index contributed by atoms with van der Waals surface area (Å²) < 4.78 is 0.754. The van der Waals surface area contributed by atoms with Gasteiger partial charge in [0.1, 0.15) is 0 Å². The predicted octanol–water partition coefficient (Wildman–Crippen LogP) is 5.32. The van der Waals surface area contributed by atoms with Gasteiger partial charge in [-0.2, -0.15) is 0 Å². The van der Waals surface area contributed by atoms with Crippen LogP contribution in [0.3, 0.4) is 0 Å². The Morgan fingerprint density at radius 3 is 2.42 bits per heavy atom. The largest absolute Gasteiger partial charge is 0.279 e. The lowest BCUT2D eigenvalue weighted by Gasteiger charge is -2.20. The maximum Gasteiger partial charge on any atom is 0.277 e. The molecule has 2 heterocycles. The highest BCUT2D eigenvalue weighted by atomic mass is 35.5. The number of anilines is 1. The van der Waals surface area contributed by atoms with Crippen LogP contribution in [0, 0.1) is 27.2 Å². The third-order valence-corrected chi connectivity index (χ3v) is 5.99. The number of aryl methyl sites for hydroxylation is 1. The molecule has 0 atom stereocenters. The number of hydrogen-bond donors (Lipinski definition) is 0. The molecule has 0 aliphatic carbocycles. The molecule has 12 heteroatoms. The fourth-order valence-corrected chi connectivity index (χ4v) is 4.66. The number of carbonyl (C=O) groups excluding carboxylic acids is 1. The Bertz CT molecular complexity index is 1380. The topological polar surface area (TPSA) is 132 Å². The van der Waals surface area contributed by atoms with E-state index >= 15 is 0 Å². The number of rotatable bonds is 6. The maximum atomic E-state index is 13.5. The Hall–Kier alpha value is -3.96. The zero-order valence-electron chi connectivity index (χ0n) is 17.0. The average molecular weight is 484 g/mol. The summed E-state index contributed by atoms with van der Waals surface area (Å²) >= 11 is 7.38. The van der Waals surface area contributed by atoms with E-state index in [-0.39, 0.29) is 12.1 Å². The van der Waals surface area contributed by atoms with E-state index in [1.54, 1.807) is 36.7 Å². The molecule has 0 unspecified atom stereocenters. The van der Waals surface area contributed by atoms with E-state index in [1.807, 2.05) is 6.92 Å². The zero-order chi connectivity index (χ0) is 23.7. The molecule has 0 radical (unpaired) electrons. The van der Waals surface area contributed by atoms with E-state index in [0.29, 0.717) is 21.2 Å². The fourth-order valence-electron chi connectivity index (χ4n) is 3.24. The van der Waals surface area contributed by atoms with Crippen molar-refractivity contribution in [3.63, 3.8) is 0 Å². The second-order valence-electron chi connectivity index (χ2n) is 7.07. The van der Waals surface area contributed by atoms with Crippen LogP contribution in [0.5, 0.6) is 0 Å². The Balaban J connectivity index is 1.85. The highest BCUT2D eigenvalue weighted by Gasteiger charge is 2.26. The van der Waals surface area contributed by atoms with E-state index in [4.69, 9.17) is 11.6 Å². The molecule has 0 aliphatic rings. The van der Waals surface area contributed by atoms with Crippen LogP contribution in [-0.2, 0) is 6.54 Å². The molecule has 0 saturated heterocycles. The Morgan fingerprint density at radius 2 is 1.82 bits per heavy atom. The molecule has 4 aromatic rings. The third kappa shape index (κ3) is 4.64. The molecule has 10 nitrogen and oxygen atoms in total. The van der Waals surface area contributed by atoms with Crippen molar-refractivity contribution < 1.29 is 14.6 Å². The minimum Gasteiger partial charge on any atom is -0.279 e. The number of aromatic nitrogens is 2. The van der Waals surface area contributed by atoms with Gasteiger partial charge >= 0.3 is 0 Å². The molecule has 2 aromatic heterocycles. The maximum absolute atomic E-state index is 13.5. The Morgan fingerprint density at radius 1 is 1.12 bits per heavy atom. The van der Waals surface area contributed by atoms with E-state index in [2.05, 4.69) is 9.97 Å². The molecule has 0 aliphatic heterocycles. The van der Waals surface area contributed by atoms with Crippen molar-refractivity contribution in [1.29, 1.82) is 0 Å². The van der Waals surface area contributed by atoms with E-state index in [1.165, 1.54) is 16.2 Å². The number of fused-ring (bicyclic) bond motifs is 1. The van der Waals surface area contributed by atoms with E-state index in [9.17, 15) is 25.0 Å². The minimum absolute atomic E-state index is 0.0514. The Labute approximate surface area is 195 Å². The fraction of sp³-hybridized carbons (Fsp3) is 0.0952. The zero-order valence-corrected chi connectivity index (χ0v) is 18.5. The number of amides is 1. The minimum atomic E-state index is -0.779. The summed E-state index contributed by atoms with van der Waals surface area (Å²) in [6.07, 6.45) is 3.16. The van der Waals surface area contributed by atoms with Crippen LogP contribution >= 0.6 is 22.9 Å². The molecule has 0 spiro atoms. The summed E-state index contributed by atoms with van der Waals surface area (Å²) in [6, 6.07) is 9.80. The van der Waals surface area contributed by atoms with Crippen LogP contribution in [0.2, 0.25) is 5.02 Å². The van der Waals surface area contributed by atoms with Gasteiger partial charge in [0.15, 0.2) is 5.13 Å². The summed E-state index contributed by atoms with van der Waals surface area (Å²) in [4.78, 5) is 44.5. The first kappa shape index (κ1) is 22.2. The molecule has 2 aromatic carbocycles. The van der Waals surface area contributed by atoms with Crippen LogP contribution in [0.25, 0.3) is 10.2 Å². The number of nitro groups is 2. The van der Waals surface area contributed by atoms with Gasteiger partial charge in [-0.1, -0.05) is 29.0 Å². The quantitative estimate of drug-likeness (QED) is 0.268. The van der Waals surface area contributed by atoms with Crippen molar-refractivity contribution >= 4 is 55.6 Å². The molecule has 166 valence electrons. The molecule has 1 amide bonds. The molecule has 0 fully saturated rings. The molecular weight excluding hydrogens is 470 g/mol. The highest BCUT2D eigenvalue weighted by Crippen LogP contribution is 2.35. The summed E-state index contributed by atoms with van der Waals surface area (Å²) in [6.45, 7) is 1.89. The monoisotopic (exact) mass is 483 g/mol. The molecule has 4 rings (SSSR count). The van der Waals surface area contributed by atoms with Gasteiger partial charge in [0.2, 0.25) is 0 Å². The van der Waals surface area contributed by atoms with Crippen molar-refractivity contribution in [1.82, 2.24) is 9.97 Å². The van der Waals surface area contributed by atoms with Crippen LogP contribution in [-0.4, -0.2) is 25.7 Å². The third-order valence-electron chi connectivity index (χ3n) is 4.75. The van der Waals surface area contributed by atoms with Gasteiger partial charge in [0.25, 0.3) is 17.3 Å². The number of thiazole rings is 1. The number of nitro benzene ring substituents is 2. The van der Waals surface area contributed by atoms with Crippen molar-refractivity contribution in [3.8, 4) is 0 Å². The molecular formula is C21H14ClN5O5S. The molecule has 0 saturated carbocycles. The molecule has 33 heavy (non-hydrogen) atoms. The van der Waals surface area contributed by atoms with Crippen LogP contribution in [0.4, 0.5) is 16.5 Å². The van der Waals surface area contributed by atoms with Crippen molar-refractivity contribution in [2.45, 2.75) is 13.5 Å². The highest BCUT2D eigenvalue weighted by molar-refractivity contribution is 7.22. The van der Waals surface area contributed by atoms with Crippen molar-refractivity contribution in [3.05, 3.63) is 96.8 Å². The lowest BCUT2D eigenvalue weighted by Crippen LogP contribution is -2.30. The summed E-state index contributed by atoms with van der Waals surface area (Å²) in [5.41, 5.74) is 0.850. The van der Waals surface area contributed by atoms with E-state index in [0.717, 1.165) is 28.5 Å². The van der Waals surface area contributed by atoms with Crippen LogP contribution in [0.15, 0.2) is 54.9 Å². The first-order valence-corrected chi connectivity index (χ1v) is 10.6. The second kappa shape index (κ2) is 8.88. The summed E-state index contributed by atoms with van der Waals surface area (Å²) in [7, 11) is 0. The van der Waals surface area contributed by atoms with Crippen molar-refractivity contribution in [2.24, 2.45) is 0 Å². The van der Waals surface area contributed by atoms with Gasteiger partial charge in [-0.25, -0.2) is 4.98 Å². The first-order valence-electron chi connectivity index (χ1n) is 9.44. The van der Waals surface area contributed by atoms with Gasteiger partial charge in [0, 0.05) is 29.5 Å². The van der Waals surface area contributed by atoms with E-state index < -0.39 is 27.1 Å². The van der Waals surface area contributed by atoms with Crippen LogP contribution in [0.1, 0.15) is 21.5 Å². The lowest BCUT2D eigenvalue weighted by atomic mass is 10.1. The molecule has 0 N–H and O–H groups in total. The van der Waals surface area contributed by atoms with Crippen molar-refractivity contribution in [2.75, 3.05) is 4.90 Å². The first-order chi connectivity index (χ1) is 15.7. The number of non-ortho nitro benzene ring substituents is 2. The number of benzene rings is 2. The summed E-state index contributed by atoms with van der Waals surface area (Å²) in [5.74, 6) is -0.673. The van der Waals surface area contributed by atoms with Crippen LogP contribution < -0.4 is 4.90 Å². The Kier molecular flexibility index (Phi) is 5.99. The number of hydrogen-bond acceptors (Lipinski definition) is 8. The SMILES string of the molecule is Cc1cc(Cl)cc2sc(N(Cc3cccnc3)C(=O)c3cc([N+](=O)[O-])cc([N+](=O)[O-])c3)nc12. The predicted molar refractivity (Wildman–Crippen MR) is 124 cm³/mol. The molecule has 0 bridgehead atoms. The van der Waals surface area contributed by atoms with Gasteiger partial charge in [0.05, 0.1) is 38.2 Å². The number of carbonyl (C=O) groups is 1. The van der Waals surface area contributed by atoms with Gasteiger partial charge in [-0.15, -0.1) is 0 Å². The average Bonchev–Trinajstić information content (AvgIpc) is 3.21. The lowest BCUT2D eigenvalue weighted by molar-refractivity contribution is -0.394. The number of halogens is 1.